The molecule has 0 aliphatic carbocycles. The molecule has 2 N–H and O–H groups in total. The molecule has 2 aromatic rings. The summed E-state index contributed by atoms with van der Waals surface area (Å²) in [4.78, 5) is 8.71. The third-order valence-electron chi connectivity index (χ3n) is 3.87. The van der Waals surface area contributed by atoms with Crippen LogP contribution < -0.4 is 20.3 Å². The van der Waals surface area contributed by atoms with Crippen molar-refractivity contribution in [1.29, 1.82) is 0 Å². The van der Waals surface area contributed by atoms with Crippen LogP contribution in [-0.2, 0) is 0 Å². The highest BCUT2D eigenvalue weighted by molar-refractivity contribution is 5.67. The van der Waals surface area contributed by atoms with Gasteiger partial charge in [-0.25, -0.2) is 0 Å². The molecule has 110 valence electrons. The summed E-state index contributed by atoms with van der Waals surface area (Å²) in [7, 11) is 1.72. The van der Waals surface area contributed by atoms with Crippen LogP contribution in [0.25, 0.3) is 0 Å². The van der Waals surface area contributed by atoms with Crippen molar-refractivity contribution in [1.82, 2.24) is 4.98 Å². The van der Waals surface area contributed by atoms with E-state index in [1.807, 2.05) is 24.3 Å². The van der Waals surface area contributed by atoms with Crippen LogP contribution >= 0.6 is 0 Å². The molecule has 1 aliphatic heterocycles. The Morgan fingerprint density at radius 1 is 1.00 bits per heavy atom. The Hall–Kier alpha value is -2.43. The predicted octanol–water partition coefficient (Wildman–Crippen LogP) is 2.00. The molecule has 0 atom stereocenters. The molecule has 0 bridgehead atoms. The summed E-state index contributed by atoms with van der Waals surface area (Å²) < 4.78 is 5.45. The number of nitrogens with zero attached hydrogens (tertiary/aromatic N) is 3. The SMILES string of the molecule is COc1ccccc1N1CCN(c2ccncc2N)CC1. The van der Waals surface area contributed by atoms with Crippen molar-refractivity contribution in [2.45, 2.75) is 0 Å². The topological polar surface area (TPSA) is 54.6 Å². The normalized spacial score (nSPS) is 15.1. The molecule has 0 unspecified atom stereocenters. The summed E-state index contributed by atoms with van der Waals surface area (Å²) in [6.45, 7) is 3.77. The predicted molar refractivity (Wildman–Crippen MR) is 86.1 cm³/mol. The largest absolute Gasteiger partial charge is 0.495 e. The summed E-state index contributed by atoms with van der Waals surface area (Å²) in [6, 6.07) is 10.1. The van der Waals surface area contributed by atoms with E-state index in [9.17, 15) is 0 Å². The van der Waals surface area contributed by atoms with Crippen molar-refractivity contribution in [3.63, 3.8) is 0 Å². The zero-order valence-electron chi connectivity index (χ0n) is 12.2. The Kier molecular flexibility index (Phi) is 3.81. The zero-order chi connectivity index (χ0) is 14.7. The summed E-state index contributed by atoms with van der Waals surface area (Å²) in [6.07, 6.45) is 3.50. The Morgan fingerprint density at radius 2 is 1.67 bits per heavy atom. The lowest BCUT2D eigenvalue weighted by molar-refractivity contribution is 0.413. The van der Waals surface area contributed by atoms with Crippen LogP contribution in [0.5, 0.6) is 5.75 Å². The van der Waals surface area contributed by atoms with E-state index in [0.717, 1.165) is 49.0 Å². The van der Waals surface area contributed by atoms with Gasteiger partial charge in [0.05, 0.1) is 30.4 Å². The van der Waals surface area contributed by atoms with Crippen LogP contribution in [0, 0.1) is 0 Å². The van der Waals surface area contributed by atoms with Gasteiger partial charge in [-0.3, -0.25) is 4.98 Å². The Labute approximate surface area is 125 Å². The van der Waals surface area contributed by atoms with Gasteiger partial charge in [-0.2, -0.15) is 0 Å². The number of methoxy groups -OCH3 is 1. The van der Waals surface area contributed by atoms with Crippen LogP contribution in [0.1, 0.15) is 0 Å². The van der Waals surface area contributed by atoms with Crippen LogP contribution in [-0.4, -0.2) is 38.3 Å². The number of anilines is 3. The van der Waals surface area contributed by atoms with Crippen molar-refractivity contribution in [2.75, 3.05) is 48.8 Å². The number of hydrogen-bond donors (Lipinski definition) is 1. The third-order valence-corrected chi connectivity index (χ3v) is 3.87. The lowest BCUT2D eigenvalue weighted by Crippen LogP contribution is -2.46. The number of para-hydroxylation sites is 2. The van der Waals surface area contributed by atoms with Gasteiger partial charge < -0.3 is 20.3 Å². The second kappa shape index (κ2) is 5.91. The first-order valence-corrected chi connectivity index (χ1v) is 7.12. The number of rotatable bonds is 3. The molecule has 2 heterocycles. The molecular weight excluding hydrogens is 264 g/mol. The van der Waals surface area contributed by atoms with E-state index in [4.69, 9.17) is 10.5 Å². The maximum atomic E-state index is 6.01. The van der Waals surface area contributed by atoms with E-state index in [0.29, 0.717) is 0 Å². The van der Waals surface area contributed by atoms with E-state index in [-0.39, 0.29) is 0 Å². The molecule has 1 aromatic heterocycles. The van der Waals surface area contributed by atoms with Gasteiger partial charge in [-0.1, -0.05) is 12.1 Å². The fourth-order valence-corrected chi connectivity index (χ4v) is 2.77. The van der Waals surface area contributed by atoms with Gasteiger partial charge in [0.2, 0.25) is 0 Å². The van der Waals surface area contributed by atoms with E-state index in [1.54, 1.807) is 19.5 Å². The fraction of sp³-hybridized carbons (Fsp3) is 0.312. The zero-order valence-corrected chi connectivity index (χ0v) is 12.2. The minimum atomic E-state index is 0.739. The Morgan fingerprint density at radius 3 is 2.33 bits per heavy atom. The highest BCUT2D eigenvalue weighted by atomic mass is 16.5. The number of hydrogen-bond acceptors (Lipinski definition) is 5. The maximum absolute atomic E-state index is 6.01. The molecule has 0 saturated carbocycles. The number of aromatic nitrogens is 1. The van der Waals surface area contributed by atoms with E-state index >= 15 is 0 Å². The molecule has 1 aromatic carbocycles. The molecular formula is C16H20N4O. The number of nitrogens with two attached hydrogens (primary N) is 1. The van der Waals surface area contributed by atoms with Gasteiger partial charge in [0.1, 0.15) is 5.75 Å². The average molecular weight is 284 g/mol. The average Bonchev–Trinajstić information content (AvgIpc) is 2.55. The first-order valence-electron chi connectivity index (χ1n) is 7.12. The standard InChI is InChI=1S/C16H20N4O/c1-21-16-5-3-2-4-15(16)20-10-8-19(9-11-20)14-6-7-18-12-13(14)17/h2-7,12H,8-11,17H2,1H3. The highest BCUT2D eigenvalue weighted by Crippen LogP contribution is 2.30. The van der Waals surface area contributed by atoms with Gasteiger partial charge in [0.15, 0.2) is 0 Å². The Bertz CT molecular complexity index is 609. The van der Waals surface area contributed by atoms with Crippen molar-refractivity contribution in [2.24, 2.45) is 0 Å². The van der Waals surface area contributed by atoms with Crippen molar-refractivity contribution in [3.05, 3.63) is 42.7 Å². The van der Waals surface area contributed by atoms with Crippen molar-refractivity contribution < 1.29 is 4.74 Å². The minimum absolute atomic E-state index is 0.739. The number of ether oxygens (including phenoxy) is 1. The molecule has 5 heteroatoms. The van der Waals surface area contributed by atoms with Gasteiger partial charge in [-0.05, 0) is 18.2 Å². The number of pyridine rings is 1. The molecule has 1 aliphatic rings. The molecule has 21 heavy (non-hydrogen) atoms. The number of benzene rings is 1. The van der Waals surface area contributed by atoms with Crippen LogP contribution in [0.4, 0.5) is 17.1 Å². The molecule has 0 amide bonds. The minimum Gasteiger partial charge on any atom is -0.495 e. The van der Waals surface area contributed by atoms with Gasteiger partial charge in [-0.15, -0.1) is 0 Å². The second-order valence-electron chi connectivity index (χ2n) is 5.08. The van der Waals surface area contributed by atoms with Crippen molar-refractivity contribution in [3.8, 4) is 5.75 Å². The number of nitrogen functional groups attached to an aromatic ring is 1. The van der Waals surface area contributed by atoms with Gasteiger partial charge in [0.25, 0.3) is 0 Å². The smallest absolute Gasteiger partial charge is 0.142 e. The molecule has 0 spiro atoms. The van der Waals surface area contributed by atoms with Gasteiger partial charge in [0, 0.05) is 32.4 Å². The summed E-state index contributed by atoms with van der Waals surface area (Å²) in [5.74, 6) is 0.925. The molecule has 0 radical (unpaired) electrons. The third kappa shape index (κ3) is 2.72. The monoisotopic (exact) mass is 284 g/mol. The van der Waals surface area contributed by atoms with Crippen LogP contribution in [0.15, 0.2) is 42.7 Å². The van der Waals surface area contributed by atoms with E-state index < -0.39 is 0 Å². The lowest BCUT2D eigenvalue weighted by Gasteiger charge is -2.38. The van der Waals surface area contributed by atoms with Gasteiger partial charge >= 0.3 is 0 Å². The molecule has 5 nitrogen and oxygen atoms in total. The molecule has 1 fully saturated rings. The quantitative estimate of drug-likeness (QED) is 0.934. The maximum Gasteiger partial charge on any atom is 0.142 e. The van der Waals surface area contributed by atoms with Crippen LogP contribution in [0.2, 0.25) is 0 Å². The first-order chi connectivity index (χ1) is 10.3. The number of piperazine rings is 1. The summed E-state index contributed by atoms with van der Waals surface area (Å²) >= 11 is 0. The Balaban J connectivity index is 1.72. The van der Waals surface area contributed by atoms with Crippen LogP contribution in [0.3, 0.4) is 0 Å². The van der Waals surface area contributed by atoms with E-state index in [1.165, 1.54) is 0 Å². The summed E-state index contributed by atoms with van der Waals surface area (Å²) in [5.41, 5.74) is 8.97. The first kappa shape index (κ1) is 13.5. The van der Waals surface area contributed by atoms with Crippen molar-refractivity contribution >= 4 is 17.1 Å². The molecule has 3 rings (SSSR count). The lowest BCUT2D eigenvalue weighted by atomic mass is 10.2. The highest BCUT2D eigenvalue weighted by Gasteiger charge is 2.20. The summed E-state index contributed by atoms with van der Waals surface area (Å²) in [5, 5.41) is 0. The van der Waals surface area contributed by atoms with E-state index in [2.05, 4.69) is 20.9 Å². The second-order valence-corrected chi connectivity index (χ2v) is 5.08. The fourth-order valence-electron chi connectivity index (χ4n) is 2.77. The molecule has 1 saturated heterocycles.